The number of halogens is 1. The molecule has 6 heteroatoms. The molecule has 1 aromatic carbocycles. The minimum absolute atomic E-state index is 0.300. The lowest BCUT2D eigenvalue weighted by Crippen LogP contribution is -2.48. The Morgan fingerprint density at radius 3 is 2.89 bits per heavy atom. The zero-order chi connectivity index (χ0) is 13.7. The summed E-state index contributed by atoms with van der Waals surface area (Å²) in [5, 5.41) is 9.12. The van der Waals surface area contributed by atoms with Gasteiger partial charge in [-0.25, -0.2) is 4.39 Å². The second-order valence-corrected chi connectivity index (χ2v) is 5.42. The van der Waals surface area contributed by atoms with E-state index in [0.717, 1.165) is 12.3 Å². The van der Waals surface area contributed by atoms with Gasteiger partial charge in [-0.1, -0.05) is 0 Å². The molecule has 19 heavy (non-hydrogen) atoms. The van der Waals surface area contributed by atoms with Gasteiger partial charge in [0.25, 0.3) is 0 Å². The number of carbonyl (C=O) groups is 1. The number of hydrogen-bond acceptors (Lipinski definition) is 4. The monoisotopic (exact) mass is 285 g/mol. The normalized spacial score (nSPS) is 20.2. The van der Waals surface area contributed by atoms with Crippen molar-refractivity contribution in [1.82, 2.24) is 4.90 Å². The van der Waals surface area contributed by atoms with Crippen molar-refractivity contribution >= 4 is 17.7 Å². The van der Waals surface area contributed by atoms with Crippen LogP contribution in [0.1, 0.15) is 0 Å². The van der Waals surface area contributed by atoms with E-state index in [4.69, 9.17) is 9.84 Å². The molecule has 0 spiro atoms. The first-order valence-corrected chi connectivity index (χ1v) is 7.25. The average Bonchev–Trinajstić information content (AvgIpc) is 2.41. The van der Waals surface area contributed by atoms with Crippen LogP contribution in [0.5, 0.6) is 5.75 Å². The molecule has 1 aliphatic rings. The molecule has 1 aromatic rings. The SMILES string of the molecule is O=C(O)C1CSCCN1CCOc1ccc(F)cc1. The van der Waals surface area contributed by atoms with Gasteiger partial charge in [-0.3, -0.25) is 9.69 Å². The van der Waals surface area contributed by atoms with Crippen molar-refractivity contribution in [3.8, 4) is 5.75 Å². The van der Waals surface area contributed by atoms with Crippen molar-refractivity contribution in [2.75, 3.05) is 31.2 Å². The number of rotatable bonds is 5. The number of benzene rings is 1. The van der Waals surface area contributed by atoms with Gasteiger partial charge in [0.2, 0.25) is 0 Å². The largest absolute Gasteiger partial charge is 0.492 e. The second kappa shape index (κ2) is 6.77. The highest BCUT2D eigenvalue weighted by molar-refractivity contribution is 7.99. The molecule has 0 amide bonds. The fraction of sp³-hybridized carbons (Fsp3) is 0.462. The number of aliphatic carboxylic acids is 1. The third-order valence-electron chi connectivity index (χ3n) is 2.99. The van der Waals surface area contributed by atoms with Gasteiger partial charge < -0.3 is 9.84 Å². The Hall–Kier alpha value is -1.27. The summed E-state index contributed by atoms with van der Waals surface area (Å²) in [5.41, 5.74) is 0. The lowest BCUT2D eigenvalue weighted by Gasteiger charge is -2.32. The van der Waals surface area contributed by atoms with E-state index in [1.165, 1.54) is 12.1 Å². The number of nitrogens with zero attached hydrogens (tertiary/aromatic N) is 1. The predicted molar refractivity (Wildman–Crippen MR) is 72.2 cm³/mol. The number of ether oxygens (including phenoxy) is 1. The summed E-state index contributed by atoms with van der Waals surface area (Å²) in [6, 6.07) is 5.38. The number of thioether (sulfide) groups is 1. The van der Waals surface area contributed by atoms with Crippen molar-refractivity contribution in [3.63, 3.8) is 0 Å². The molecule has 0 radical (unpaired) electrons. The van der Waals surface area contributed by atoms with E-state index < -0.39 is 12.0 Å². The van der Waals surface area contributed by atoms with Crippen molar-refractivity contribution in [2.24, 2.45) is 0 Å². The van der Waals surface area contributed by atoms with E-state index in [0.29, 0.717) is 24.7 Å². The van der Waals surface area contributed by atoms with E-state index in [1.807, 2.05) is 4.90 Å². The number of hydrogen-bond donors (Lipinski definition) is 1. The molecule has 0 saturated carbocycles. The fourth-order valence-electron chi connectivity index (χ4n) is 1.94. The zero-order valence-corrected chi connectivity index (χ0v) is 11.2. The van der Waals surface area contributed by atoms with Crippen LogP contribution in [-0.2, 0) is 4.79 Å². The molecular weight excluding hydrogens is 269 g/mol. The number of carboxylic acid groups (broad SMARTS) is 1. The highest BCUT2D eigenvalue weighted by Gasteiger charge is 2.28. The molecule has 1 aliphatic heterocycles. The Balaban J connectivity index is 1.80. The van der Waals surface area contributed by atoms with Gasteiger partial charge in [-0.15, -0.1) is 0 Å². The summed E-state index contributed by atoms with van der Waals surface area (Å²) in [4.78, 5) is 13.0. The van der Waals surface area contributed by atoms with Crippen molar-refractivity contribution < 1.29 is 19.0 Å². The van der Waals surface area contributed by atoms with E-state index in [9.17, 15) is 9.18 Å². The maximum absolute atomic E-state index is 12.7. The van der Waals surface area contributed by atoms with Crippen LogP contribution in [0.3, 0.4) is 0 Å². The molecule has 1 atom stereocenters. The van der Waals surface area contributed by atoms with E-state index in [-0.39, 0.29) is 5.82 Å². The van der Waals surface area contributed by atoms with Gasteiger partial charge in [-0.05, 0) is 24.3 Å². The van der Waals surface area contributed by atoms with Gasteiger partial charge in [0.1, 0.15) is 24.2 Å². The summed E-state index contributed by atoms with van der Waals surface area (Å²) in [5.74, 6) is 1.08. The summed E-state index contributed by atoms with van der Waals surface area (Å²) in [6.07, 6.45) is 0. The molecule has 1 saturated heterocycles. The highest BCUT2D eigenvalue weighted by Crippen LogP contribution is 2.17. The van der Waals surface area contributed by atoms with E-state index in [1.54, 1.807) is 23.9 Å². The molecule has 0 aromatic heterocycles. The van der Waals surface area contributed by atoms with Crippen LogP contribution in [0.25, 0.3) is 0 Å². The summed E-state index contributed by atoms with van der Waals surface area (Å²) >= 11 is 1.66. The van der Waals surface area contributed by atoms with Crippen LogP contribution >= 0.6 is 11.8 Å². The summed E-state index contributed by atoms with van der Waals surface area (Å²) < 4.78 is 18.2. The Morgan fingerprint density at radius 2 is 2.21 bits per heavy atom. The summed E-state index contributed by atoms with van der Waals surface area (Å²) in [7, 11) is 0. The lowest BCUT2D eigenvalue weighted by molar-refractivity contribution is -0.142. The molecule has 0 aliphatic carbocycles. The standard InChI is InChI=1S/C13H16FNO3S/c14-10-1-3-11(4-2-10)18-7-5-15-6-8-19-9-12(15)13(16)17/h1-4,12H,5-9H2,(H,16,17). The molecule has 4 nitrogen and oxygen atoms in total. The van der Waals surface area contributed by atoms with Gasteiger partial charge in [0.15, 0.2) is 0 Å². The quantitative estimate of drug-likeness (QED) is 0.892. The fourth-order valence-corrected chi connectivity index (χ4v) is 3.05. The van der Waals surface area contributed by atoms with Crippen LogP contribution in [0.2, 0.25) is 0 Å². The van der Waals surface area contributed by atoms with Crippen molar-refractivity contribution in [3.05, 3.63) is 30.1 Å². The first-order chi connectivity index (χ1) is 9.16. The van der Waals surface area contributed by atoms with Crippen LogP contribution in [0.15, 0.2) is 24.3 Å². The van der Waals surface area contributed by atoms with Gasteiger partial charge in [-0.2, -0.15) is 11.8 Å². The van der Waals surface area contributed by atoms with Crippen LogP contribution in [0.4, 0.5) is 4.39 Å². The van der Waals surface area contributed by atoms with Gasteiger partial charge in [0.05, 0.1) is 0 Å². The van der Waals surface area contributed by atoms with Crippen LogP contribution in [-0.4, -0.2) is 53.2 Å². The van der Waals surface area contributed by atoms with Crippen molar-refractivity contribution in [1.29, 1.82) is 0 Å². The minimum Gasteiger partial charge on any atom is -0.492 e. The molecule has 1 N–H and O–H groups in total. The van der Waals surface area contributed by atoms with Gasteiger partial charge in [0, 0.05) is 24.6 Å². The first kappa shape index (κ1) is 14.1. The molecule has 1 heterocycles. The topological polar surface area (TPSA) is 49.8 Å². The van der Waals surface area contributed by atoms with Crippen molar-refractivity contribution in [2.45, 2.75) is 6.04 Å². The zero-order valence-electron chi connectivity index (χ0n) is 10.4. The maximum Gasteiger partial charge on any atom is 0.321 e. The minimum atomic E-state index is -0.783. The molecule has 2 rings (SSSR count). The van der Waals surface area contributed by atoms with Gasteiger partial charge >= 0.3 is 5.97 Å². The Kier molecular flexibility index (Phi) is 5.04. The Morgan fingerprint density at radius 1 is 1.47 bits per heavy atom. The van der Waals surface area contributed by atoms with E-state index in [2.05, 4.69) is 0 Å². The third kappa shape index (κ3) is 4.11. The molecular formula is C13H16FNO3S. The molecule has 0 bridgehead atoms. The maximum atomic E-state index is 12.7. The highest BCUT2D eigenvalue weighted by atomic mass is 32.2. The van der Waals surface area contributed by atoms with Crippen LogP contribution < -0.4 is 4.74 Å². The molecule has 1 fully saturated rings. The number of carboxylic acids is 1. The first-order valence-electron chi connectivity index (χ1n) is 6.10. The smallest absolute Gasteiger partial charge is 0.321 e. The third-order valence-corrected chi connectivity index (χ3v) is 4.01. The second-order valence-electron chi connectivity index (χ2n) is 4.27. The molecule has 1 unspecified atom stereocenters. The average molecular weight is 285 g/mol. The van der Waals surface area contributed by atoms with E-state index >= 15 is 0 Å². The van der Waals surface area contributed by atoms with Crippen LogP contribution in [0, 0.1) is 5.82 Å². The Bertz CT molecular complexity index is 426. The predicted octanol–water partition coefficient (Wildman–Crippen LogP) is 1.71. The Labute approximate surface area is 115 Å². The lowest BCUT2D eigenvalue weighted by atomic mass is 10.2. The summed E-state index contributed by atoms with van der Waals surface area (Å²) in [6.45, 7) is 1.73. The molecule has 104 valence electrons.